The lowest BCUT2D eigenvalue weighted by atomic mass is 10.0. The van der Waals surface area contributed by atoms with Crippen LogP contribution in [0.5, 0.6) is 0 Å². The number of para-hydroxylation sites is 1. The molecule has 4 rings (SSSR count). The van der Waals surface area contributed by atoms with Crippen LogP contribution in [0, 0.1) is 6.92 Å². The van der Waals surface area contributed by atoms with E-state index in [0.717, 1.165) is 67.5 Å². The Morgan fingerprint density at radius 3 is 2.84 bits per heavy atom. The summed E-state index contributed by atoms with van der Waals surface area (Å²) in [5.74, 6) is 0.132. The number of piperidine rings is 1. The fourth-order valence-electron chi connectivity index (χ4n) is 3.96. The Labute approximate surface area is 148 Å². The molecule has 0 spiro atoms. The van der Waals surface area contributed by atoms with E-state index in [-0.39, 0.29) is 18.1 Å². The Hall–Kier alpha value is -1.85. The summed E-state index contributed by atoms with van der Waals surface area (Å²) in [6.45, 7) is 5.05. The average Bonchev–Trinajstić information content (AvgIpc) is 3.26. The van der Waals surface area contributed by atoms with Gasteiger partial charge in [0, 0.05) is 36.3 Å². The molecule has 1 amide bonds. The van der Waals surface area contributed by atoms with Crippen molar-refractivity contribution in [2.75, 3.05) is 26.3 Å². The van der Waals surface area contributed by atoms with Gasteiger partial charge in [-0.1, -0.05) is 18.2 Å². The van der Waals surface area contributed by atoms with Gasteiger partial charge in [0.25, 0.3) is 5.91 Å². The molecule has 0 radical (unpaired) electrons. The highest BCUT2D eigenvalue weighted by Crippen LogP contribution is 2.25. The van der Waals surface area contributed by atoms with Gasteiger partial charge in [-0.2, -0.15) is 0 Å². The minimum atomic E-state index is 0.132. The largest absolute Gasteiger partial charge is 0.376 e. The summed E-state index contributed by atoms with van der Waals surface area (Å²) in [6, 6.07) is 8.01. The summed E-state index contributed by atoms with van der Waals surface area (Å²) in [7, 11) is 0. The highest BCUT2D eigenvalue weighted by molar-refractivity contribution is 6.08. The number of likely N-dealkylation sites (tertiary alicyclic amines) is 1. The normalized spacial score (nSPS) is 22.0. The fraction of sp³-hybridized carbons (Fsp3) is 0.550. The van der Waals surface area contributed by atoms with Crippen molar-refractivity contribution in [3.63, 3.8) is 0 Å². The van der Waals surface area contributed by atoms with Crippen LogP contribution >= 0.6 is 0 Å². The maximum Gasteiger partial charge on any atom is 0.256 e. The molecule has 25 heavy (non-hydrogen) atoms. The van der Waals surface area contributed by atoms with Crippen molar-refractivity contribution in [3.05, 3.63) is 35.5 Å². The Morgan fingerprint density at radius 2 is 2.08 bits per heavy atom. The van der Waals surface area contributed by atoms with Crippen LogP contribution in [0.3, 0.4) is 0 Å². The van der Waals surface area contributed by atoms with E-state index >= 15 is 0 Å². The lowest BCUT2D eigenvalue weighted by Gasteiger charge is -2.32. The number of aryl methyl sites for hydroxylation is 1. The van der Waals surface area contributed by atoms with E-state index in [1.54, 1.807) is 0 Å². The van der Waals surface area contributed by atoms with Crippen LogP contribution in [-0.2, 0) is 9.47 Å². The zero-order chi connectivity index (χ0) is 17.2. The van der Waals surface area contributed by atoms with Crippen LogP contribution in [0.25, 0.3) is 10.9 Å². The SMILES string of the molecule is Cc1[nH]c2ccccc2c1C(=O)N1CCC(OCC2CCCO2)CC1. The molecule has 1 N–H and O–H groups in total. The quantitative estimate of drug-likeness (QED) is 0.928. The Kier molecular flexibility index (Phi) is 4.77. The zero-order valence-corrected chi connectivity index (χ0v) is 14.8. The number of nitrogens with one attached hydrogen (secondary N) is 1. The minimum Gasteiger partial charge on any atom is -0.376 e. The predicted molar refractivity (Wildman–Crippen MR) is 96.9 cm³/mol. The van der Waals surface area contributed by atoms with E-state index in [1.807, 2.05) is 36.1 Å². The van der Waals surface area contributed by atoms with Crippen molar-refractivity contribution < 1.29 is 14.3 Å². The number of hydrogen-bond acceptors (Lipinski definition) is 3. The molecule has 2 aliphatic heterocycles. The molecule has 1 aromatic carbocycles. The van der Waals surface area contributed by atoms with Gasteiger partial charge in [-0.05, 0) is 38.7 Å². The topological polar surface area (TPSA) is 54.6 Å². The van der Waals surface area contributed by atoms with Crippen LogP contribution in [0.1, 0.15) is 41.7 Å². The van der Waals surface area contributed by atoms with Crippen molar-refractivity contribution in [2.24, 2.45) is 0 Å². The summed E-state index contributed by atoms with van der Waals surface area (Å²) in [5.41, 5.74) is 2.79. The van der Waals surface area contributed by atoms with Gasteiger partial charge in [0.05, 0.1) is 24.4 Å². The Bertz CT molecular complexity index is 740. The second kappa shape index (κ2) is 7.18. The van der Waals surface area contributed by atoms with Crippen LogP contribution in [0.2, 0.25) is 0 Å². The monoisotopic (exact) mass is 342 g/mol. The van der Waals surface area contributed by atoms with Gasteiger partial charge < -0.3 is 19.4 Å². The number of aromatic nitrogens is 1. The molecule has 2 fully saturated rings. The first kappa shape index (κ1) is 16.6. The van der Waals surface area contributed by atoms with Crippen LogP contribution in [0.15, 0.2) is 24.3 Å². The van der Waals surface area contributed by atoms with E-state index < -0.39 is 0 Å². The second-order valence-corrected chi connectivity index (χ2v) is 7.13. The molecule has 3 heterocycles. The molecular weight excluding hydrogens is 316 g/mol. The van der Waals surface area contributed by atoms with E-state index in [2.05, 4.69) is 4.98 Å². The van der Waals surface area contributed by atoms with E-state index in [1.165, 1.54) is 0 Å². The molecule has 134 valence electrons. The third-order valence-corrected chi connectivity index (χ3v) is 5.38. The molecule has 0 saturated carbocycles. The summed E-state index contributed by atoms with van der Waals surface area (Å²) >= 11 is 0. The Balaban J connectivity index is 1.36. The molecule has 5 nitrogen and oxygen atoms in total. The maximum absolute atomic E-state index is 13.0. The molecule has 0 bridgehead atoms. The number of H-pyrrole nitrogens is 1. The van der Waals surface area contributed by atoms with Crippen LogP contribution < -0.4 is 0 Å². The molecule has 2 aliphatic rings. The van der Waals surface area contributed by atoms with Crippen molar-refractivity contribution in [1.29, 1.82) is 0 Å². The number of amides is 1. The van der Waals surface area contributed by atoms with E-state index in [0.29, 0.717) is 6.61 Å². The molecule has 1 unspecified atom stereocenters. The van der Waals surface area contributed by atoms with Crippen molar-refractivity contribution in [2.45, 2.75) is 44.8 Å². The third-order valence-electron chi connectivity index (χ3n) is 5.38. The van der Waals surface area contributed by atoms with Crippen molar-refractivity contribution >= 4 is 16.8 Å². The minimum absolute atomic E-state index is 0.132. The highest BCUT2D eigenvalue weighted by Gasteiger charge is 2.27. The fourth-order valence-corrected chi connectivity index (χ4v) is 3.96. The first-order chi connectivity index (χ1) is 12.2. The molecular formula is C20H26N2O3. The van der Waals surface area contributed by atoms with Gasteiger partial charge in [0.1, 0.15) is 0 Å². The van der Waals surface area contributed by atoms with Gasteiger partial charge >= 0.3 is 0 Å². The average molecular weight is 342 g/mol. The molecule has 2 saturated heterocycles. The van der Waals surface area contributed by atoms with Gasteiger partial charge in [-0.15, -0.1) is 0 Å². The number of fused-ring (bicyclic) bond motifs is 1. The van der Waals surface area contributed by atoms with Gasteiger partial charge in [-0.25, -0.2) is 0 Å². The molecule has 0 aliphatic carbocycles. The zero-order valence-electron chi connectivity index (χ0n) is 14.8. The second-order valence-electron chi connectivity index (χ2n) is 7.13. The number of nitrogens with zero attached hydrogens (tertiary/aromatic N) is 1. The van der Waals surface area contributed by atoms with Gasteiger partial charge in [0.2, 0.25) is 0 Å². The summed E-state index contributed by atoms with van der Waals surface area (Å²) in [6.07, 6.45) is 4.58. The van der Waals surface area contributed by atoms with E-state index in [4.69, 9.17) is 9.47 Å². The standard InChI is InChI=1S/C20H26N2O3/c1-14-19(17-6-2-3-7-18(17)21-14)20(23)22-10-8-15(9-11-22)25-13-16-5-4-12-24-16/h2-3,6-7,15-16,21H,4-5,8-13H2,1H3. The molecule has 1 aromatic heterocycles. The molecule has 5 heteroatoms. The number of ether oxygens (including phenoxy) is 2. The number of aromatic amines is 1. The molecule has 1 atom stereocenters. The number of hydrogen-bond donors (Lipinski definition) is 1. The summed E-state index contributed by atoms with van der Waals surface area (Å²) in [5, 5.41) is 1.02. The molecule has 2 aromatic rings. The first-order valence-corrected chi connectivity index (χ1v) is 9.32. The lowest BCUT2D eigenvalue weighted by molar-refractivity contribution is -0.0395. The lowest BCUT2D eigenvalue weighted by Crippen LogP contribution is -2.41. The van der Waals surface area contributed by atoms with Gasteiger partial charge in [0.15, 0.2) is 0 Å². The van der Waals surface area contributed by atoms with Crippen LogP contribution in [0.4, 0.5) is 0 Å². The van der Waals surface area contributed by atoms with Crippen molar-refractivity contribution in [3.8, 4) is 0 Å². The number of rotatable bonds is 4. The van der Waals surface area contributed by atoms with Crippen LogP contribution in [-0.4, -0.2) is 54.3 Å². The van der Waals surface area contributed by atoms with Gasteiger partial charge in [-0.3, -0.25) is 4.79 Å². The predicted octanol–water partition coefficient (Wildman–Crippen LogP) is 3.28. The number of carbonyl (C=O) groups excluding carboxylic acids is 1. The van der Waals surface area contributed by atoms with E-state index in [9.17, 15) is 4.79 Å². The summed E-state index contributed by atoms with van der Waals surface area (Å²) in [4.78, 5) is 18.3. The number of benzene rings is 1. The Morgan fingerprint density at radius 1 is 1.28 bits per heavy atom. The van der Waals surface area contributed by atoms with Crippen molar-refractivity contribution in [1.82, 2.24) is 9.88 Å². The highest BCUT2D eigenvalue weighted by atomic mass is 16.5. The number of carbonyl (C=O) groups is 1. The smallest absolute Gasteiger partial charge is 0.256 e. The maximum atomic E-state index is 13.0. The third kappa shape index (κ3) is 3.44. The summed E-state index contributed by atoms with van der Waals surface area (Å²) < 4.78 is 11.6. The first-order valence-electron chi connectivity index (χ1n) is 9.32.